The summed E-state index contributed by atoms with van der Waals surface area (Å²) in [6.07, 6.45) is 0. The van der Waals surface area contributed by atoms with E-state index in [-0.39, 0.29) is 5.56 Å². The minimum Gasteiger partial charge on any atom is -0.465 e. The Morgan fingerprint density at radius 2 is 1.94 bits per heavy atom. The molecule has 0 fully saturated rings. The zero-order chi connectivity index (χ0) is 12.6. The maximum Gasteiger partial charge on any atom is 0.339 e. The van der Waals surface area contributed by atoms with E-state index < -0.39 is 11.8 Å². The molecule has 0 spiro atoms. The Morgan fingerprint density at radius 1 is 1.29 bits per heavy atom. The summed E-state index contributed by atoms with van der Waals surface area (Å²) in [6.45, 7) is 0. The topological polar surface area (TPSA) is 52.3 Å². The van der Waals surface area contributed by atoms with Crippen molar-refractivity contribution < 1.29 is 13.9 Å². The van der Waals surface area contributed by atoms with Crippen LogP contribution in [0, 0.1) is 5.82 Å². The minimum absolute atomic E-state index is 0.238. The van der Waals surface area contributed by atoms with Crippen LogP contribution in [0.25, 0.3) is 10.8 Å². The molecule has 88 valence electrons. The quantitative estimate of drug-likeness (QED) is 0.650. The number of carbonyl (C=O) groups is 1. The van der Waals surface area contributed by atoms with E-state index in [9.17, 15) is 9.18 Å². The van der Waals surface area contributed by atoms with Crippen LogP contribution in [0.3, 0.4) is 0 Å². The molecule has 0 bridgehead atoms. The van der Waals surface area contributed by atoms with Gasteiger partial charge in [-0.15, -0.1) is 0 Å². The number of anilines is 1. The lowest BCUT2D eigenvalue weighted by atomic mass is 10.0. The summed E-state index contributed by atoms with van der Waals surface area (Å²) < 4.78 is 18.3. The molecule has 3 nitrogen and oxygen atoms in total. The van der Waals surface area contributed by atoms with E-state index in [1.165, 1.54) is 19.2 Å². The lowest BCUT2D eigenvalue weighted by Gasteiger charge is -2.07. The summed E-state index contributed by atoms with van der Waals surface area (Å²) in [7, 11) is 1.27. The first kappa shape index (κ1) is 11.9. The van der Waals surface area contributed by atoms with Crippen LogP contribution in [0.5, 0.6) is 0 Å². The molecule has 0 aromatic heterocycles. The van der Waals surface area contributed by atoms with Gasteiger partial charge in [0.05, 0.1) is 17.1 Å². The Kier molecular flexibility index (Phi) is 3.02. The summed E-state index contributed by atoms with van der Waals surface area (Å²) in [5, 5.41) is 1.35. The van der Waals surface area contributed by atoms with Crippen LogP contribution in [-0.4, -0.2) is 13.1 Å². The van der Waals surface area contributed by atoms with Crippen molar-refractivity contribution in [3.05, 3.63) is 40.1 Å². The fraction of sp³-hybridized carbons (Fsp3) is 0.0833. The summed E-state index contributed by atoms with van der Waals surface area (Å²) in [6, 6.07) is 6.09. The number of benzene rings is 2. The molecule has 2 N–H and O–H groups in total. The molecular weight excluding hydrogens is 289 g/mol. The highest BCUT2D eigenvalue weighted by Gasteiger charge is 2.12. The number of nitrogen functional groups attached to an aromatic ring is 1. The van der Waals surface area contributed by atoms with Crippen molar-refractivity contribution in [3.63, 3.8) is 0 Å². The highest BCUT2D eigenvalue weighted by atomic mass is 79.9. The number of nitrogens with two attached hydrogens (primary N) is 1. The van der Waals surface area contributed by atoms with Gasteiger partial charge in [-0.05, 0) is 51.0 Å². The molecule has 0 saturated carbocycles. The first-order valence-corrected chi connectivity index (χ1v) is 5.59. The molecule has 0 aliphatic heterocycles. The fourth-order valence-corrected chi connectivity index (χ4v) is 1.96. The number of esters is 1. The Hall–Kier alpha value is -1.62. The average Bonchev–Trinajstić information content (AvgIpc) is 2.30. The molecule has 0 amide bonds. The van der Waals surface area contributed by atoms with E-state index in [1.54, 1.807) is 12.1 Å². The van der Waals surface area contributed by atoms with Gasteiger partial charge in [0, 0.05) is 5.69 Å². The number of ether oxygens (including phenoxy) is 1. The second-order valence-corrected chi connectivity index (χ2v) is 4.40. The summed E-state index contributed by atoms with van der Waals surface area (Å²) >= 11 is 3.09. The summed E-state index contributed by atoms with van der Waals surface area (Å²) in [5.74, 6) is -0.925. The van der Waals surface area contributed by atoms with Gasteiger partial charge in [0.1, 0.15) is 5.82 Å². The smallest absolute Gasteiger partial charge is 0.339 e. The van der Waals surface area contributed by atoms with Gasteiger partial charge in [-0.1, -0.05) is 0 Å². The van der Waals surface area contributed by atoms with Crippen molar-refractivity contribution in [2.45, 2.75) is 0 Å². The normalized spacial score (nSPS) is 10.5. The van der Waals surface area contributed by atoms with Crippen LogP contribution < -0.4 is 5.73 Å². The Labute approximate surface area is 105 Å². The van der Waals surface area contributed by atoms with Crippen LogP contribution in [0.2, 0.25) is 0 Å². The number of fused-ring (bicyclic) bond motifs is 1. The van der Waals surface area contributed by atoms with Crippen molar-refractivity contribution in [3.8, 4) is 0 Å². The number of rotatable bonds is 1. The molecule has 2 aromatic rings. The Bertz CT molecular complexity index is 613. The molecule has 0 radical (unpaired) electrons. The van der Waals surface area contributed by atoms with E-state index in [4.69, 9.17) is 5.73 Å². The Morgan fingerprint density at radius 3 is 2.59 bits per heavy atom. The molecule has 0 aliphatic carbocycles. The van der Waals surface area contributed by atoms with Crippen LogP contribution in [-0.2, 0) is 4.74 Å². The van der Waals surface area contributed by atoms with Crippen LogP contribution in [0.1, 0.15) is 10.4 Å². The van der Waals surface area contributed by atoms with Gasteiger partial charge in [-0.3, -0.25) is 0 Å². The molecule has 2 rings (SSSR count). The number of carbonyl (C=O) groups excluding carboxylic acids is 1. The summed E-state index contributed by atoms with van der Waals surface area (Å²) in [5.41, 5.74) is 6.29. The molecule has 0 heterocycles. The van der Waals surface area contributed by atoms with Gasteiger partial charge in [-0.25, -0.2) is 9.18 Å². The average molecular weight is 298 g/mol. The number of hydrogen-bond donors (Lipinski definition) is 1. The first-order chi connectivity index (χ1) is 8.02. The predicted octanol–water partition coefficient (Wildman–Crippen LogP) is 3.11. The van der Waals surface area contributed by atoms with Gasteiger partial charge in [0.25, 0.3) is 0 Å². The van der Waals surface area contributed by atoms with Crippen LogP contribution >= 0.6 is 15.9 Å². The second-order valence-electron chi connectivity index (χ2n) is 3.54. The second kappa shape index (κ2) is 4.33. The van der Waals surface area contributed by atoms with Gasteiger partial charge in [-0.2, -0.15) is 0 Å². The van der Waals surface area contributed by atoms with Crippen LogP contribution in [0.15, 0.2) is 28.7 Å². The third-order valence-electron chi connectivity index (χ3n) is 2.45. The van der Waals surface area contributed by atoms with Crippen LogP contribution in [0.4, 0.5) is 10.1 Å². The van der Waals surface area contributed by atoms with E-state index in [2.05, 4.69) is 20.7 Å². The molecule has 0 saturated heterocycles. The molecular formula is C12H9BrFNO2. The van der Waals surface area contributed by atoms with Crippen molar-refractivity contribution in [2.24, 2.45) is 0 Å². The van der Waals surface area contributed by atoms with E-state index in [0.717, 1.165) is 5.39 Å². The highest BCUT2D eigenvalue weighted by Crippen LogP contribution is 2.27. The standard InChI is InChI=1S/C12H9BrFNO2/c1-17-12(16)8-2-6-4-10(14)9(13)3-7(6)5-11(8)15/h2-5H,15H2,1H3. The molecule has 0 unspecified atom stereocenters. The van der Waals surface area contributed by atoms with E-state index in [0.29, 0.717) is 15.5 Å². The fourth-order valence-electron chi connectivity index (χ4n) is 1.60. The highest BCUT2D eigenvalue weighted by molar-refractivity contribution is 9.10. The third kappa shape index (κ3) is 2.10. The summed E-state index contributed by atoms with van der Waals surface area (Å²) in [4.78, 5) is 11.4. The lowest BCUT2D eigenvalue weighted by Crippen LogP contribution is -2.05. The molecule has 17 heavy (non-hydrogen) atoms. The number of halogens is 2. The van der Waals surface area contributed by atoms with Gasteiger partial charge in [0.2, 0.25) is 0 Å². The zero-order valence-electron chi connectivity index (χ0n) is 8.96. The van der Waals surface area contributed by atoms with E-state index in [1.807, 2.05) is 0 Å². The minimum atomic E-state index is -0.535. The van der Waals surface area contributed by atoms with Gasteiger partial charge in [0.15, 0.2) is 0 Å². The molecule has 0 atom stereocenters. The number of hydrogen-bond acceptors (Lipinski definition) is 3. The van der Waals surface area contributed by atoms with Crippen molar-refractivity contribution in [2.75, 3.05) is 12.8 Å². The van der Waals surface area contributed by atoms with Crippen molar-refractivity contribution in [1.82, 2.24) is 0 Å². The largest absolute Gasteiger partial charge is 0.465 e. The Balaban J connectivity index is 2.71. The molecule has 2 aromatic carbocycles. The van der Waals surface area contributed by atoms with Crippen molar-refractivity contribution >= 4 is 38.4 Å². The van der Waals surface area contributed by atoms with Gasteiger partial charge >= 0.3 is 5.97 Å². The first-order valence-electron chi connectivity index (χ1n) is 4.79. The van der Waals surface area contributed by atoms with Gasteiger partial charge < -0.3 is 10.5 Å². The monoisotopic (exact) mass is 297 g/mol. The maximum atomic E-state index is 13.4. The van der Waals surface area contributed by atoms with E-state index >= 15 is 0 Å². The molecule has 5 heteroatoms. The molecule has 0 aliphatic rings. The SMILES string of the molecule is COC(=O)c1cc2cc(F)c(Br)cc2cc1N. The predicted molar refractivity (Wildman–Crippen MR) is 67.4 cm³/mol. The third-order valence-corrected chi connectivity index (χ3v) is 3.06. The lowest BCUT2D eigenvalue weighted by molar-refractivity contribution is 0.0602. The number of methoxy groups -OCH3 is 1. The van der Waals surface area contributed by atoms with Crippen molar-refractivity contribution in [1.29, 1.82) is 0 Å². The zero-order valence-corrected chi connectivity index (χ0v) is 10.5. The maximum absolute atomic E-state index is 13.4.